The zero-order valence-corrected chi connectivity index (χ0v) is 13.0. The first-order valence-corrected chi connectivity index (χ1v) is 7.21. The van der Waals surface area contributed by atoms with Gasteiger partial charge in [0.1, 0.15) is 0 Å². The number of fused-ring (bicyclic) bond motifs is 1. The van der Waals surface area contributed by atoms with Crippen molar-refractivity contribution >= 4 is 18.3 Å². The van der Waals surface area contributed by atoms with Crippen molar-refractivity contribution in [3.8, 4) is 0 Å². The Bertz CT molecular complexity index is 517. The van der Waals surface area contributed by atoms with E-state index in [2.05, 4.69) is 42.7 Å². The molecular formula is C16H23ClN2O. The highest BCUT2D eigenvalue weighted by Crippen LogP contribution is 2.54. The number of nitrogens with one attached hydrogen (secondary N) is 2. The Kier molecular flexibility index (Phi) is 4.40. The van der Waals surface area contributed by atoms with Crippen LogP contribution < -0.4 is 10.6 Å². The molecule has 3 nitrogen and oxygen atoms in total. The van der Waals surface area contributed by atoms with Gasteiger partial charge in [-0.3, -0.25) is 4.79 Å². The average Bonchev–Trinajstić information content (AvgIpc) is 2.90. The Balaban J connectivity index is 0.00000147. The number of carbonyl (C=O) groups is 1. The zero-order valence-electron chi connectivity index (χ0n) is 12.2. The van der Waals surface area contributed by atoms with Gasteiger partial charge in [0.05, 0.1) is 0 Å². The van der Waals surface area contributed by atoms with Crippen LogP contribution in [0.2, 0.25) is 0 Å². The minimum absolute atomic E-state index is 0. The normalized spacial score (nSPS) is 26.6. The van der Waals surface area contributed by atoms with Gasteiger partial charge < -0.3 is 10.6 Å². The van der Waals surface area contributed by atoms with Crippen LogP contribution in [0, 0.1) is 11.3 Å². The van der Waals surface area contributed by atoms with Crippen molar-refractivity contribution in [1.82, 2.24) is 10.6 Å². The summed E-state index contributed by atoms with van der Waals surface area (Å²) in [5, 5.41) is 6.42. The molecular weight excluding hydrogens is 272 g/mol. The molecule has 1 aromatic rings. The van der Waals surface area contributed by atoms with Crippen LogP contribution in [0.4, 0.5) is 0 Å². The number of halogens is 1. The highest BCUT2D eigenvalue weighted by Gasteiger charge is 2.52. The number of benzene rings is 1. The summed E-state index contributed by atoms with van der Waals surface area (Å²) >= 11 is 0. The monoisotopic (exact) mass is 294 g/mol. The lowest BCUT2D eigenvalue weighted by atomic mass is 10.0. The van der Waals surface area contributed by atoms with Crippen molar-refractivity contribution in [2.24, 2.45) is 11.3 Å². The molecule has 1 amide bonds. The van der Waals surface area contributed by atoms with E-state index < -0.39 is 0 Å². The second-order valence-corrected chi connectivity index (χ2v) is 6.19. The van der Waals surface area contributed by atoms with E-state index in [-0.39, 0.29) is 29.6 Å². The van der Waals surface area contributed by atoms with E-state index in [1.54, 1.807) is 0 Å². The molecule has 1 aliphatic heterocycles. The Hall–Kier alpha value is -1.06. The minimum Gasteiger partial charge on any atom is -0.352 e. The zero-order chi connectivity index (χ0) is 13.5. The van der Waals surface area contributed by atoms with Gasteiger partial charge >= 0.3 is 0 Å². The van der Waals surface area contributed by atoms with Crippen LogP contribution in [0.15, 0.2) is 18.2 Å². The van der Waals surface area contributed by atoms with Crippen LogP contribution in [-0.2, 0) is 24.4 Å². The topological polar surface area (TPSA) is 41.1 Å². The molecule has 110 valence electrons. The fourth-order valence-corrected chi connectivity index (χ4v) is 2.98. The molecule has 20 heavy (non-hydrogen) atoms. The van der Waals surface area contributed by atoms with Crippen LogP contribution in [0.3, 0.4) is 0 Å². The second-order valence-electron chi connectivity index (χ2n) is 6.19. The van der Waals surface area contributed by atoms with Gasteiger partial charge in [-0.25, -0.2) is 0 Å². The quantitative estimate of drug-likeness (QED) is 0.896. The summed E-state index contributed by atoms with van der Waals surface area (Å²) in [5.74, 6) is 0.455. The van der Waals surface area contributed by atoms with Crippen molar-refractivity contribution in [2.45, 2.75) is 46.3 Å². The van der Waals surface area contributed by atoms with Crippen molar-refractivity contribution in [1.29, 1.82) is 0 Å². The van der Waals surface area contributed by atoms with Crippen molar-refractivity contribution in [3.63, 3.8) is 0 Å². The molecule has 1 fully saturated rings. The lowest BCUT2D eigenvalue weighted by Gasteiger charge is -2.09. The van der Waals surface area contributed by atoms with E-state index in [0.717, 1.165) is 25.9 Å². The maximum absolute atomic E-state index is 12.1. The largest absolute Gasteiger partial charge is 0.352 e. The van der Waals surface area contributed by atoms with Crippen LogP contribution in [-0.4, -0.2) is 5.91 Å². The third-order valence-electron chi connectivity index (χ3n) is 4.84. The molecule has 0 saturated heterocycles. The molecule has 0 aromatic heterocycles. The first kappa shape index (κ1) is 15.3. The average molecular weight is 295 g/mol. The minimum atomic E-state index is 0. The first-order valence-electron chi connectivity index (χ1n) is 7.21. The van der Waals surface area contributed by atoms with Gasteiger partial charge in [0, 0.05) is 25.6 Å². The van der Waals surface area contributed by atoms with E-state index >= 15 is 0 Å². The molecule has 1 saturated carbocycles. The second kappa shape index (κ2) is 5.74. The molecule has 4 heteroatoms. The Labute approximate surface area is 126 Å². The third kappa shape index (κ3) is 2.84. The van der Waals surface area contributed by atoms with Gasteiger partial charge in [0.2, 0.25) is 5.91 Å². The van der Waals surface area contributed by atoms with Gasteiger partial charge in [-0.15, -0.1) is 12.4 Å². The molecule has 3 rings (SSSR count). The molecule has 2 aliphatic rings. The summed E-state index contributed by atoms with van der Waals surface area (Å²) in [6.07, 6.45) is 2.14. The Morgan fingerprint density at radius 2 is 2.15 bits per heavy atom. The van der Waals surface area contributed by atoms with Crippen LogP contribution >= 0.6 is 12.4 Å². The number of carbonyl (C=O) groups excluding carboxylic acids is 1. The van der Waals surface area contributed by atoms with Gasteiger partial charge in [0.25, 0.3) is 0 Å². The lowest BCUT2D eigenvalue weighted by molar-refractivity contribution is -0.123. The maximum Gasteiger partial charge on any atom is 0.223 e. The number of hydrogen-bond donors (Lipinski definition) is 2. The fraction of sp³-hybridized carbons (Fsp3) is 0.562. The lowest BCUT2D eigenvalue weighted by Crippen LogP contribution is -2.26. The number of hydrogen-bond acceptors (Lipinski definition) is 2. The highest BCUT2D eigenvalue weighted by atomic mass is 35.5. The molecule has 2 unspecified atom stereocenters. The summed E-state index contributed by atoms with van der Waals surface area (Å²) in [6.45, 7) is 6.95. The molecule has 1 aromatic carbocycles. The third-order valence-corrected chi connectivity index (χ3v) is 4.84. The van der Waals surface area contributed by atoms with E-state index in [1.165, 1.54) is 16.7 Å². The van der Waals surface area contributed by atoms with Crippen LogP contribution in [0.1, 0.15) is 43.4 Å². The highest BCUT2D eigenvalue weighted by molar-refractivity contribution is 5.85. The van der Waals surface area contributed by atoms with E-state index in [1.807, 2.05) is 0 Å². The summed E-state index contributed by atoms with van der Waals surface area (Å²) in [7, 11) is 0. The van der Waals surface area contributed by atoms with Crippen molar-refractivity contribution in [2.75, 3.05) is 0 Å². The molecule has 1 heterocycles. The maximum atomic E-state index is 12.1. The van der Waals surface area contributed by atoms with Crippen molar-refractivity contribution in [3.05, 3.63) is 34.9 Å². The molecule has 2 atom stereocenters. The van der Waals surface area contributed by atoms with E-state index in [0.29, 0.717) is 6.54 Å². The first-order chi connectivity index (χ1) is 9.12. The summed E-state index contributed by atoms with van der Waals surface area (Å²) < 4.78 is 0. The van der Waals surface area contributed by atoms with Gasteiger partial charge in [0.15, 0.2) is 0 Å². The summed E-state index contributed by atoms with van der Waals surface area (Å²) in [5.41, 5.74) is 4.22. The molecule has 2 N–H and O–H groups in total. The van der Waals surface area contributed by atoms with Crippen LogP contribution in [0.25, 0.3) is 0 Å². The smallest absolute Gasteiger partial charge is 0.223 e. The van der Waals surface area contributed by atoms with Gasteiger partial charge in [-0.05, 0) is 34.9 Å². The standard InChI is InChI=1S/C16H22N2O.ClH/c1-3-16(2)7-14(16)15(19)18-8-11-4-5-12-9-17-10-13(12)6-11;/h4-6,14,17H,3,7-10H2,1-2H3,(H,18,19);1H. The Morgan fingerprint density at radius 3 is 2.85 bits per heavy atom. The number of rotatable bonds is 4. The van der Waals surface area contributed by atoms with Crippen molar-refractivity contribution < 1.29 is 4.79 Å². The SMILES string of the molecule is CCC1(C)CC1C(=O)NCc1ccc2c(c1)CNC2.Cl. The van der Waals surface area contributed by atoms with E-state index in [9.17, 15) is 4.79 Å². The van der Waals surface area contributed by atoms with E-state index in [4.69, 9.17) is 0 Å². The summed E-state index contributed by atoms with van der Waals surface area (Å²) in [6, 6.07) is 6.50. The van der Waals surface area contributed by atoms with Gasteiger partial charge in [-0.2, -0.15) is 0 Å². The van der Waals surface area contributed by atoms with Crippen LogP contribution in [0.5, 0.6) is 0 Å². The molecule has 0 bridgehead atoms. The fourth-order valence-electron chi connectivity index (χ4n) is 2.98. The molecule has 1 aliphatic carbocycles. The predicted octanol–water partition coefficient (Wildman–Crippen LogP) is 2.76. The summed E-state index contributed by atoms with van der Waals surface area (Å²) in [4.78, 5) is 12.1. The van der Waals surface area contributed by atoms with Gasteiger partial charge in [-0.1, -0.05) is 32.0 Å². The number of amides is 1. The molecule has 0 radical (unpaired) electrons. The predicted molar refractivity (Wildman–Crippen MR) is 82.6 cm³/mol. The molecule has 0 spiro atoms. The Morgan fingerprint density at radius 1 is 1.40 bits per heavy atom.